The quantitative estimate of drug-likeness (QED) is 0.928. The van der Waals surface area contributed by atoms with Crippen LogP contribution in [-0.2, 0) is 4.79 Å². The number of carbonyl (C=O) groups is 2. The molecule has 0 radical (unpaired) electrons. The Morgan fingerprint density at radius 1 is 1.41 bits per heavy atom. The number of amides is 1. The molecule has 1 aromatic rings. The van der Waals surface area contributed by atoms with Crippen molar-refractivity contribution >= 4 is 27.8 Å². The van der Waals surface area contributed by atoms with E-state index in [0.29, 0.717) is 16.6 Å². The van der Waals surface area contributed by atoms with E-state index in [2.05, 4.69) is 15.9 Å². The van der Waals surface area contributed by atoms with Gasteiger partial charge in [-0.25, -0.2) is 0 Å². The van der Waals surface area contributed by atoms with Crippen molar-refractivity contribution in [3.8, 4) is 0 Å². The zero-order chi connectivity index (χ0) is 13.0. The lowest BCUT2D eigenvalue weighted by molar-refractivity contribution is -0.137. The second-order valence-electron chi connectivity index (χ2n) is 3.70. The summed E-state index contributed by atoms with van der Waals surface area (Å²) < 4.78 is 0.678. The third-order valence-electron chi connectivity index (χ3n) is 2.35. The number of nitrogens with zero attached hydrogens (tertiary/aromatic N) is 1. The lowest BCUT2D eigenvalue weighted by Gasteiger charge is -2.19. The molecule has 0 saturated carbocycles. The molecular weight excluding hydrogens is 286 g/mol. The topological polar surface area (TPSA) is 57.6 Å². The molecule has 0 unspecified atom stereocenters. The number of carbonyl (C=O) groups excluding carboxylic acids is 1. The van der Waals surface area contributed by atoms with Gasteiger partial charge in [-0.2, -0.15) is 0 Å². The van der Waals surface area contributed by atoms with Crippen molar-refractivity contribution < 1.29 is 14.7 Å². The summed E-state index contributed by atoms with van der Waals surface area (Å²) in [5, 5.41) is 8.73. The van der Waals surface area contributed by atoms with E-state index in [4.69, 9.17) is 5.11 Å². The van der Waals surface area contributed by atoms with Gasteiger partial charge in [0.25, 0.3) is 5.91 Å². The summed E-state index contributed by atoms with van der Waals surface area (Å²) in [4.78, 5) is 24.1. The highest BCUT2D eigenvalue weighted by Crippen LogP contribution is 2.19. The first-order chi connectivity index (χ1) is 7.95. The van der Waals surface area contributed by atoms with Crippen LogP contribution in [-0.4, -0.2) is 35.0 Å². The zero-order valence-electron chi connectivity index (χ0n) is 9.74. The molecule has 1 aromatic carbocycles. The lowest BCUT2D eigenvalue weighted by Crippen LogP contribution is -2.35. The zero-order valence-corrected chi connectivity index (χ0v) is 11.3. The third kappa shape index (κ3) is 3.56. The minimum Gasteiger partial charge on any atom is -0.480 e. The Morgan fingerprint density at radius 2 is 2.06 bits per heavy atom. The maximum absolute atomic E-state index is 12.1. The van der Waals surface area contributed by atoms with Crippen molar-refractivity contribution in [2.45, 2.75) is 13.8 Å². The van der Waals surface area contributed by atoms with Crippen LogP contribution < -0.4 is 0 Å². The summed E-state index contributed by atoms with van der Waals surface area (Å²) in [6.07, 6.45) is 0. The number of hydrogen-bond donors (Lipinski definition) is 1. The number of hydrogen-bond acceptors (Lipinski definition) is 2. The van der Waals surface area contributed by atoms with E-state index < -0.39 is 5.97 Å². The maximum Gasteiger partial charge on any atom is 0.323 e. The molecule has 0 fully saturated rings. The molecule has 0 bridgehead atoms. The molecule has 5 heteroatoms. The molecular formula is C12H14BrNO3. The number of carboxylic acid groups (broad SMARTS) is 1. The molecule has 0 aromatic heterocycles. The number of aliphatic carboxylic acids is 1. The molecule has 0 aliphatic rings. The van der Waals surface area contributed by atoms with Gasteiger partial charge in [-0.15, -0.1) is 0 Å². The summed E-state index contributed by atoms with van der Waals surface area (Å²) in [5.74, 6) is -1.28. The number of halogens is 1. The van der Waals surface area contributed by atoms with E-state index in [1.807, 2.05) is 13.0 Å². The number of likely N-dealkylation sites (N-methyl/N-ethyl adjacent to an activating group) is 1. The van der Waals surface area contributed by atoms with Gasteiger partial charge in [0, 0.05) is 11.0 Å². The van der Waals surface area contributed by atoms with Crippen molar-refractivity contribution in [3.05, 3.63) is 33.8 Å². The molecule has 0 aliphatic carbocycles. The largest absolute Gasteiger partial charge is 0.480 e. The van der Waals surface area contributed by atoms with Gasteiger partial charge in [0.1, 0.15) is 6.54 Å². The fourth-order valence-electron chi connectivity index (χ4n) is 1.46. The van der Waals surface area contributed by atoms with Gasteiger partial charge in [0.15, 0.2) is 0 Å². The first-order valence-electron chi connectivity index (χ1n) is 5.23. The number of carboxylic acids is 1. The molecule has 17 heavy (non-hydrogen) atoms. The van der Waals surface area contributed by atoms with Gasteiger partial charge in [-0.3, -0.25) is 9.59 Å². The SMILES string of the molecule is CCN(CC(=O)O)C(=O)c1cc(C)ccc1Br. The standard InChI is InChI=1S/C12H14BrNO3/c1-3-14(7-11(15)16)12(17)9-6-8(2)4-5-10(9)13/h4-6H,3,7H2,1-2H3,(H,15,16). The molecule has 0 atom stereocenters. The van der Waals surface area contributed by atoms with E-state index in [1.54, 1.807) is 19.1 Å². The summed E-state index contributed by atoms with van der Waals surface area (Å²) >= 11 is 3.30. The first-order valence-corrected chi connectivity index (χ1v) is 6.02. The van der Waals surface area contributed by atoms with Crippen LogP contribution >= 0.6 is 15.9 Å². The van der Waals surface area contributed by atoms with Gasteiger partial charge in [-0.1, -0.05) is 11.6 Å². The Balaban J connectivity index is 3.01. The van der Waals surface area contributed by atoms with Gasteiger partial charge in [0.2, 0.25) is 0 Å². The fourth-order valence-corrected chi connectivity index (χ4v) is 1.88. The van der Waals surface area contributed by atoms with Crippen LogP contribution in [0.15, 0.2) is 22.7 Å². The summed E-state index contributed by atoms with van der Waals surface area (Å²) in [7, 11) is 0. The molecule has 92 valence electrons. The molecule has 0 heterocycles. The van der Waals surface area contributed by atoms with E-state index >= 15 is 0 Å². The average Bonchev–Trinajstić information content (AvgIpc) is 2.28. The third-order valence-corrected chi connectivity index (χ3v) is 3.04. The Hall–Kier alpha value is -1.36. The highest BCUT2D eigenvalue weighted by Gasteiger charge is 2.19. The van der Waals surface area contributed by atoms with Crippen LogP contribution in [0.3, 0.4) is 0 Å². The second-order valence-corrected chi connectivity index (χ2v) is 4.55. The van der Waals surface area contributed by atoms with Crippen LogP contribution in [0.1, 0.15) is 22.8 Å². The van der Waals surface area contributed by atoms with Gasteiger partial charge < -0.3 is 10.0 Å². The van der Waals surface area contributed by atoms with Crippen LogP contribution in [0, 0.1) is 6.92 Å². The number of rotatable bonds is 4. The highest BCUT2D eigenvalue weighted by molar-refractivity contribution is 9.10. The fraction of sp³-hybridized carbons (Fsp3) is 0.333. The van der Waals surface area contributed by atoms with E-state index in [0.717, 1.165) is 5.56 Å². The maximum atomic E-state index is 12.1. The van der Waals surface area contributed by atoms with Gasteiger partial charge in [-0.05, 0) is 41.9 Å². The molecule has 0 saturated heterocycles. The predicted octanol–water partition coefficient (Wildman–Crippen LogP) is 2.30. The van der Waals surface area contributed by atoms with Gasteiger partial charge in [0.05, 0.1) is 5.56 Å². The van der Waals surface area contributed by atoms with Crippen molar-refractivity contribution in [2.75, 3.05) is 13.1 Å². The van der Waals surface area contributed by atoms with Crippen molar-refractivity contribution in [3.63, 3.8) is 0 Å². The minimum absolute atomic E-state index is 0.273. The minimum atomic E-state index is -1.01. The lowest BCUT2D eigenvalue weighted by atomic mass is 10.1. The highest BCUT2D eigenvalue weighted by atomic mass is 79.9. The van der Waals surface area contributed by atoms with Crippen LogP contribution in [0.5, 0.6) is 0 Å². The normalized spacial score (nSPS) is 10.1. The molecule has 1 amide bonds. The Kier molecular flexibility index (Phi) is 4.69. The molecule has 1 N–H and O–H groups in total. The van der Waals surface area contributed by atoms with Crippen LogP contribution in [0.4, 0.5) is 0 Å². The monoisotopic (exact) mass is 299 g/mol. The predicted molar refractivity (Wildman–Crippen MR) is 68.1 cm³/mol. The molecule has 1 rings (SSSR count). The molecule has 4 nitrogen and oxygen atoms in total. The Labute approximate surface area is 108 Å². The summed E-state index contributed by atoms with van der Waals surface area (Å²) in [5.41, 5.74) is 1.45. The van der Waals surface area contributed by atoms with Crippen LogP contribution in [0.2, 0.25) is 0 Å². The smallest absolute Gasteiger partial charge is 0.323 e. The Morgan fingerprint density at radius 3 is 2.59 bits per heavy atom. The second kappa shape index (κ2) is 5.82. The van der Waals surface area contributed by atoms with Crippen molar-refractivity contribution in [2.24, 2.45) is 0 Å². The number of benzene rings is 1. The summed E-state index contributed by atoms with van der Waals surface area (Å²) in [6, 6.07) is 5.42. The van der Waals surface area contributed by atoms with Gasteiger partial charge >= 0.3 is 5.97 Å². The van der Waals surface area contributed by atoms with E-state index in [-0.39, 0.29) is 12.5 Å². The molecule has 0 spiro atoms. The molecule has 0 aliphatic heterocycles. The first kappa shape index (κ1) is 13.7. The Bertz CT molecular complexity index is 445. The summed E-state index contributed by atoms with van der Waals surface area (Å²) in [6.45, 7) is 3.72. The van der Waals surface area contributed by atoms with E-state index in [1.165, 1.54) is 4.90 Å². The number of aryl methyl sites for hydroxylation is 1. The van der Waals surface area contributed by atoms with E-state index in [9.17, 15) is 9.59 Å². The average molecular weight is 300 g/mol. The van der Waals surface area contributed by atoms with Crippen molar-refractivity contribution in [1.29, 1.82) is 0 Å². The van der Waals surface area contributed by atoms with Crippen molar-refractivity contribution in [1.82, 2.24) is 4.90 Å². The van der Waals surface area contributed by atoms with Crippen LogP contribution in [0.25, 0.3) is 0 Å².